The molecule has 0 bridgehead atoms. The molecule has 0 atom stereocenters. The van der Waals surface area contributed by atoms with E-state index in [0.717, 1.165) is 0 Å². The first kappa shape index (κ1) is 110. The Balaban J connectivity index is -0.0000000107. The summed E-state index contributed by atoms with van der Waals surface area (Å²) in [5, 5.41) is 0. The molecule has 12 nitrogen and oxygen atoms in total. The zero-order valence-corrected chi connectivity index (χ0v) is 47.1. The van der Waals surface area contributed by atoms with Crippen molar-refractivity contribution in [3.05, 3.63) is 0 Å². The van der Waals surface area contributed by atoms with E-state index in [4.69, 9.17) is 0 Å². The molecular formula is Mo5O12P6S18-30. The average molecular weight is 1430 g/mol. The van der Waals surface area contributed by atoms with Crippen LogP contribution in [0, 0.1) is 0 Å². The SMILES string of the molecule is [Mo].[Mo].[Mo].[Mo].[Mo].[O-]P([O-])(=S)[S-].[O-]P([O-])(=S)[S-].[O-]P([O-])(=S)[S-].[O-]P([O-])(=S)[S-].[O-]P([O-])(=S)[S-].[O-]P([O-])(=S)[S-].[S-2].[S-2].[S-2].[S-2].[S-2].[S-2]. The van der Waals surface area contributed by atoms with E-state index in [1.54, 1.807) is 0 Å². The van der Waals surface area contributed by atoms with Gasteiger partial charge in [0.15, 0.2) is 0 Å². The molecular weight excluding hydrogens is 1430 g/mol. The Labute approximate surface area is 415 Å². The van der Waals surface area contributed by atoms with Crippen molar-refractivity contribution in [2.75, 3.05) is 0 Å². The van der Waals surface area contributed by atoms with E-state index in [1.807, 2.05) is 0 Å². The van der Waals surface area contributed by atoms with Gasteiger partial charge in [0, 0.05) is 105 Å². The van der Waals surface area contributed by atoms with Gasteiger partial charge >= 0.3 is 0 Å². The van der Waals surface area contributed by atoms with E-state index in [0.29, 0.717) is 0 Å². The van der Waals surface area contributed by atoms with Crippen molar-refractivity contribution in [3.63, 3.8) is 0 Å². The molecule has 0 spiro atoms. The normalized spacial score (nSPS) is 8.63. The van der Waals surface area contributed by atoms with Crippen LogP contribution in [0.4, 0.5) is 0 Å². The molecule has 0 saturated carbocycles. The quantitative estimate of drug-likeness (QED) is 0.124. The summed E-state index contributed by atoms with van der Waals surface area (Å²) in [5.41, 5.74) is -22.3. The second-order valence-corrected chi connectivity index (χ2v) is 29.5. The van der Waals surface area contributed by atoms with Gasteiger partial charge in [-0.2, -0.15) is 70.8 Å². The van der Waals surface area contributed by atoms with Gasteiger partial charge in [0.2, 0.25) is 0 Å². The summed E-state index contributed by atoms with van der Waals surface area (Å²) in [4.78, 5) is 111. The van der Waals surface area contributed by atoms with Crippen molar-refractivity contribution < 1.29 is 164 Å². The van der Waals surface area contributed by atoms with E-state index < -0.39 is 34.2 Å². The van der Waals surface area contributed by atoms with Crippen molar-refractivity contribution in [1.82, 2.24) is 0 Å². The first-order valence-electron chi connectivity index (χ1n) is 4.38. The molecule has 0 aliphatic rings. The summed E-state index contributed by atoms with van der Waals surface area (Å²) in [7, 11) is 0. The van der Waals surface area contributed by atoms with Crippen molar-refractivity contribution >= 4 is 259 Å². The summed E-state index contributed by atoms with van der Waals surface area (Å²) in [5.74, 6) is 0. The molecule has 0 fully saturated rings. The molecule has 0 aromatic heterocycles. The van der Waals surface area contributed by atoms with Crippen LogP contribution in [0.2, 0.25) is 0 Å². The molecule has 0 heterocycles. The topological polar surface area (TPSA) is 277 Å². The molecule has 41 heteroatoms. The van der Waals surface area contributed by atoms with Crippen molar-refractivity contribution in [2.24, 2.45) is 0 Å². The van der Waals surface area contributed by atoms with Gasteiger partial charge in [0.1, 0.15) is 0 Å². The summed E-state index contributed by atoms with van der Waals surface area (Å²) in [6.07, 6.45) is 0. The second kappa shape index (κ2) is 57.8. The number of hydrogen-bond donors (Lipinski definition) is 0. The van der Waals surface area contributed by atoms with Gasteiger partial charge < -0.3 is 247 Å². The third kappa shape index (κ3) is 1000. The molecule has 0 N–H and O–H groups in total. The zero-order chi connectivity index (χ0) is 27.0. The maximum atomic E-state index is 9.29. The van der Waals surface area contributed by atoms with Crippen LogP contribution in [0.3, 0.4) is 0 Å². The third-order valence-electron chi connectivity index (χ3n) is 0. The van der Waals surface area contributed by atoms with Crippen LogP contribution in [-0.2, 0) is 331 Å². The molecule has 0 saturated heterocycles. The number of hydrogen-bond acceptors (Lipinski definition) is 24. The van der Waals surface area contributed by atoms with Gasteiger partial charge in [-0.15, -0.1) is 0 Å². The monoisotopic (exact) mass is 1440 g/mol. The minimum Gasteiger partial charge on any atom is -2.00 e. The Hall–Kier alpha value is 11.1. The zero-order valence-electron chi connectivity index (χ0n) is 17.0. The third-order valence-corrected chi connectivity index (χ3v) is 0. The van der Waals surface area contributed by atoms with Crippen LogP contribution in [-0.4, -0.2) is 0 Å². The van der Waals surface area contributed by atoms with E-state index in [9.17, 15) is 58.7 Å². The summed E-state index contributed by atoms with van der Waals surface area (Å²) < 4.78 is 0. The first-order chi connectivity index (χ1) is 12.0. The first-order valence-corrected chi connectivity index (χ1v) is 26.3. The largest absolute Gasteiger partial charge is 2.00 e. The van der Waals surface area contributed by atoms with Gasteiger partial charge in [-0.05, 0) is 0 Å². The van der Waals surface area contributed by atoms with E-state index in [-0.39, 0.29) is 186 Å². The van der Waals surface area contributed by atoms with Crippen LogP contribution < -0.4 is 58.7 Å². The fraction of sp³-hybridized carbons (Fsp3) is 0. The Kier molecular flexibility index (Phi) is 156. The van der Waals surface area contributed by atoms with E-state index in [2.05, 4.69) is 144 Å². The van der Waals surface area contributed by atoms with Crippen molar-refractivity contribution in [3.8, 4) is 0 Å². The molecule has 41 heavy (non-hydrogen) atoms. The standard InChI is InChI=1S/5Mo.6H3O2PS2.6S/c;;;;;6*1-3(2,4)5;;;;;;/h;;;;;6*(H3,1,2,4,5);;;;;;/q;;;;;;;;;;;6*-2/p-18. The number of rotatable bonds is 0. The molecule has 0 radical (unpaired) electrons. The molecule has 270 valence electrons. The Morgan fingerprint density at radius 3 is 0.244 bits per heavy atom. The van der Waals surface area contributed by atoms with Gasteiger partial charge in [-0.1, -0.05) is 0 Å². The fourth-order valence-electron chi connectivity index (χ4n) is 0. The Morgan fingerprint density at radius 2 is 0.244 bits per heavy atom. The van der Waals surface area contributed by atoms with E-state index >= 15 is 0 Å². The molecule has 0 aliphatic carbocycles. The van der Waals surface area contributed by atoms with Crippen LogP contribution >= 0.6 is 34.2 Å². The van der Waals surface area contributed by atoms with Crippen LogP contribution in [0.1, 0.15) is 0 Å². The van der Waals surface area contributed by atoms with Crippen LogP contribution in [0.25, 0.3) is 0 Å². The Morgan fingerprint density at radius 1 is 0.244 bits per heavy atom. The maximum Gasteiger partial charge on any atom is 0 e. The molecule has 0 unspecified atom stereocenters. The predicted molar refractivity (Wildman–Crippen MR) is 174 cm³/mol. The minimum absolute atomic E-state index is 0. The van der Waals surface area contributed by atoms with Crippen molar-refractivity contribution in [2.45, 2.75) is 0 Å². The predicted octanol–water partition coefficient (Wildman–Crippen LogP) is -9.16. The summed E-state index contributed by atoms with van der Waals surface area (Å²) in [6.45, 7) is 0. The average Bonchev–Trinajstić information content (AvgIpc) is 1.94. The van der Waals surface area contributed by atoms with Crippen LogP contribution in [0.5, 0.6) is 0 Å². The van der Waals surface area contributed by atoms with Gasteiger partial charge in [0.25, 0.3) is 0 Å². The second-order valence-electron chi connectivity index (χ2n) is 2.68. The smallest absolute Gasteiger partial charge is 0 e. The molecule has 0 aromatic carbocycles. The van der Waals surface area contributed by atoms with Gasteiger partial charge in [0.05, 0.1) is 0 Å². The van der Waals surface area contributed by atoms with Crippen LogP contribution in [0.15, 0.2) is 0 Å². The Bertz CT molecular complexity index is 507. The summed E-state index contributed by atoms with van der Waals surface area (Å²) >= 11 is 43.7. The van der Waals surface area contributed by atoms with Gasteiger partial charge in [-0.25, -0.2) is 0 Å². The fourth-order valence-corrected chi connectivity index (χ4v) is 0. The maximum absolute atomic E-state index is 9.29. The molecule has 0 aromatic rings. The van der Waals surface area contributed by atoms with E-state index in [1.165, 1.54) is 0 Å². The molecule has 0 aliphatic heterocycles. The minimum atomic E-state index is -3.72. The summed E-state index contributed by atoms with van der Waals surface area (Å²) in [6, 6.07) is 0. The van der Waals surface area contributed by atoms with Crippen molar-refractivity contribution in [1.29, 1.82) is 0 Å². The molecule has 0 amide bonds. The van der Waals surface area contributed by atoms with Gasteiger partial charge in [-0.3, -0.25) is 0 Å². The molecule has 0 rings (SSSR count).